The molecule has 0 atom stereocenters. The van der Waals surface area contributed by atoms with E-state index in [1.165, 1.54) is 4.90 Å². The topological polar surface area (TPSA) is 45.8 Å². The maximum Gasteiger partial charge on any atom is 0.254 e. The summed E-state index contributed by atoms with van der Waals surface area (Å²) in [5.74, 6) is 1.70. The van der Waals surface area contributed by atoms with Gasteiger partial charge in [0.05, 0.1) is 0 Å². The lowest BCUT2D eigenvalue weighted by Crippen LogP contribution is -2.16. The summed E-state index contributed by atoms with van der Waals surface area (Å²) in [7, 11) is 0. The maximum absolute atomic E-state index is 11.9. The molecular weight excluding hydrogens is 256 g/mol. The van der Waals surface area contributed by atoms with Crippen LogP contribution in [0.3, 0.4) is 0 Å². The van der Waals surface area contributed by atoms with Gasteiger partial charge in [-0.1, -0.05) is 26.0 Å². The second-order valence-electron chi connectivity index (χ2n) is 4.29. The fourth-order valence-electron chi connectivity index (χ4n) is 2.04. The van der Waals surface area contributed by atoms with Crippen LogP contribution in [0.1, 0.15) is 25.1 Å². The Labute approximate surface area is 117 Å². The average Bonchev–Trinajstić information content (AvgIpc) is 2.39. The highest BCUT2D eigenvalue weighted by atomic mass is 32.2. The molecule has 1 N–H and O–H groups in total. The highest BCUT2D eigenvalue weighted by molar-refractivity contribution is 7.99. The van der Waals surface area contributed by atoms with Crippen LogP contribution in [0, 0.1) is 6.92 Å². The van der Waals surface area contributed by atoms with Gasteiger partial charge in [-0.25, -0.2) is 4.98 Å². The molecule has 4 heteroatoms. The third-order valence-corrected chi connectivity index (χ3v) is 3.91. The van der Waals surface area contributed by atoms with Gasteiger partial charge in [0.15, 0.2) is 0 Å². The predicted octanol–water partition coefficient (Wildman–Crippen LogP) is 3.42. The molecule has 0 aliphatic carbocycles. The Morgan fingerprint density at radius 1 is 1.21 bits per heavy atom. The lowest BCUT2D eigenvalue weighted by molar-refractivity contribution is 0.967. The fraction of sp³-hybridized carbons (Fsp3) is 0.333. The van der Waals surface area contributed by atoms with Gasteiger partial charge in [0.1, 0.15) is 5.82 Å². The molecule has 1 aromatic heterocycles. The van der Waals surface area contributed by atoms with Gasteiger partial charge in [0.25, 0.3) is 5.56 Å². The molecule has 0 amide bonds. The number of nitrogens with zero attached hydrogens (tertiary/aromatic N) is 1. The van der Waals surface area contributed by atoms with Gasteiger partial charge in [0, 0.05) is 21.7 Å². The monoisotopic (exact) mass is 274 g/mol. The number of aryl methyl sites for hydroxylation is 1. The van der Waals surface area contributed by atoms with Crippen molar-refractivity contribution < 1.29 is 0 Å². The van der Waals surface area contributed by atoms with Gasteiger partial charge in [-0.2, -0.15) is 0 Å². The second-order valence-corrected chi connectivity index (χ2v) is 5.63. The minimum Gasteiger partial charge on any atom is -0.306 e. The van der Waals surface area contributed by atoms with E-state index >= 15 is 0 Å². The molecule has 3 nitrogen and oxygen atoms in total. The van der Waals surface area contributed by atoms with Crippen LogP contribution < -0.4 is 5.56 Å². The molecule has 0 fully saturated rings. The Hall–Kier alpha value is -1.55. The first-order chi connectivity index (χ1) is 9.15. The Bertz CT molecular complexity index is 617. The molecule has 0 saturated carbocycles. The number of rotatable bonds is 4. The number of aromatic amines is 1. The molecule has 0 aliphatic rings. The summed E-state index contributed by atoms with van der Waals surface area (Å²) in [5.41, 5.74) is 2.50. The highest BCUT2D eigenvalue weighted by Crippen LogP contribution is 2.21. The van der Waals surface area contributed by atoms with Gasteiger partial charge in [-0.15, -0.1) is 11.8 Å². The number of H-pyrrole nitrogens is 1. The van der Waals surface area contributed by atoms with E-state index in [1.54, 1.807) is 11.8 Å². The number of nitrogens with one attached hydrogen (secondary N) is 1. The van der Waals surface area contributed by atoms with Crippen LogP contribution >= 0.6 is 11.8 Å². The van der Waals surface area contributed by atoms with E-state index in [4.69, 9.17) is 0 Å². The van der Waals surface area contributed by atoms with Crippen LogP contribution in [0.5, 0.6) is 0 Å². The summed E-state index contributed by atoms with van der Waals surface area (Å²) in [5, 5.41) is 0. The van der Waals surface area contributed by atoms with E-state index in [2.05, 4.69) is 29.0 Å². The molecule has 2 rings (SSSR count). The molecule has 1 heterocycles. The van der Waals surface area contributed by atoms with Gasteiger partial charge in [-0.3, -0.25) is 4.79 Å². The predicted molar refractivity (Wildman–Crippen MR) is 80.8 cm³/mol. The average molecular weight is 274 g/mol. The number of benzene rings is 1. The quantitative estimate of drug-likeness (QED) is 0.869. The summed E-state index contributed by atoms with van der Waals surface area (Å²) in [6, 6.07) is 8.13. The van der Waals surface area contributed by atoms with Crippen molar-refractivity contribution in [3.05, 3.63) is 45.9 Å². The van der Waals surface area contributed by atoms with E-state index in [1.807, 2.05) is 26.0 Å². The van der Waals surface area contributed by atoms with Crippen LogP contribution in [0.2, 0.25) is 0 Å². The standard InChI is InChI=1S/C15H18N2OS/c1-4-13-10(3)16-14(17-15(13)18)11-6-8-12(9-7-11)19-5-2/h6-9H,4-5H2,1-3H3,(H,16,17,18). The molecule has 2 aromatic rings. The fourth-order valence-corrected chi connectivity index (χ4v) is 2.70. The number of hydrogen-bond donors (Lipinski definition) is 1. The molecular formula is C15H18N2OS. The molecule has 100 valence electrons. The van der Waals surface area contributed by atoms with Gasteiger partial charge in [0.2, 0.25) is 0 Å². The van der Waals surface area contributed by atoms with Crippen molar-refractivity contribution in [3.8, 4) is 11.4 Å². The van der Waals surface area contributed by atoms with Crippen LogP contribution in [0.15, 0.2) is 34.0 Å². The summed E-state index contributed by atoms with van der Waals surface area (Å²) < 4.78 is 0. The molecule has 0 saturated heterocycles. The molecule has 19 heavy (non-hydrogen) atoms. The van der Waals surface area contributed by atoms with E-state index in [0.29, 0.717) is 12.2 Å². The molecule has 1 aromatic carbocycles. The van der Waals surface area contributed by atoms with E-state index in [-0.39, 0.29) is 5.56 Å². The summed E-state index contributed by atoms with van der Waals surface area (Å²) in [4.78, 5) is 20.5. The Kier molecular flexibility index (Phi) is 4.43. The van der Waals surface area contributed by atoms with E-state index in [9.17, 15) is 4.79 Å². The van der Waals surface area contributed by atoms with Crippen molar-refractivity contribution >= 4 is 11.8 Å². The van der Waals surface area contributed by atoms with E-state index in [0.717, 1.165) is 22.6 Å². The normalized spacial score (nSPS) is 10.7. The molecule has 0 unspecified atom stereocenters. The lowest BCUT2D eigenvalue weighted by atomic mass is 10.1. The molecule has 0 radical (unpaired) electrons. The largest absolute Gasteiger partial charge is 0.306 e. The Morgan fingerprint density at radius 2 is 1.89 bits per heavy atom. The van der Waals surface area contributed by atoms with Crippen molar-refractivity contribution in [1.82, 2.24) is 9.97 Å². The van der Waals surface area contributed by atoms with Crippen LogP contribution in [0.25, 0.3) is 11.4 Å². The van der Waals surface area contributed by atoms with Gasteiger partial charge >= 0.3 is 0 Å². The first-order valence-electron chi connectivity index (χ1n) is 6.48. The zero-order valence-electron chi connectivity index (χ0n) is 11.5. The second kappa shape index (κ2) is 6.06. The van der Waals surface area contributed by atoms with Gasteiger partial charge in [-0.05, 0) is 31.2 Å². The smallest absolute Gasteiger partial charge is 0.254 e. The minimum atomic E-state index is -0.0305. The number of hydrogen-bond acceptors (Lipinski definition) is 3. The van der Waals surface area contributed by atoms with E-state index < -0.39 is 0 Å². The maximum atomic E-state index is 11.9. The summed E-state index contributed by atoms with van der Waals surface area (Å²) >= 11 is 1.80. The first kappa shape index (κ1) is 13.9. The SMILES string of the molecule is CCSc1ccc(-c2nc(C)c(CC)c(=O)[nH]2)cc1. The zero-order chi connectivity index (χ0) is 13.8. The van der Waals surface area contributed by atoms with Crippen molar-refractivity contribution in [2.45, 2.75) is 32.1 Å². The van der Waals surface area contributed by atoms with Crippen LogP contribution in [-0.4, -0.2) is 15.7 Å². The molecule has 0 bridgehead atoms. The lowest BCUT2D eigenvalue weighted by Gasteiger charge is -2.06. The number of aromatic nitrogens is 2. The first-order valence-corrected chi connectivity index (χ1v) is 7.47. The Balaban J connectivity index is 2.39. The Morgan fingerprint density at radius 3 is 2.42 bits per heavy atom. The zero-order valence-corrected chi connectivity index (χ0v) is 12.3. The molecule has 0 aliphatic heterocycles. The minimum absolute atomic E-state index is 0.0305. The van der Waals surface area contributed by atoms with Crippen molar-refractivity contribution in [2.75, 3.05) is 5.75 Å². The van der Waals surface area contributed by atoms with Crippen LogP contribution in [0.4, 0.5) is 0 Å². The van der Waals surface area contributed by atoms with Crippen molar-refractivity contribution in [2.24, 2.45) is 0 Å². The third-order valence-electron chi connectivity index (χ3n) is 3.01. The summed E-state index contributed by atoms with van der Waals surface area (Å²) in [6.45, 7) is 5.99. The van der Waals surface area contributed by atoms with Gasteiger partial charge < -0.3 is 4.98 Å². The van der Waals surface area contributed by atoms with Crippen molar-refractivity contribution in [1.29, 1.82) is 0 Å². The van der Waals surface area contributed by atoms with Crippen molar-refractivity contribution in [3.63, 3.8) is 0 Å². The molecule has 0 spiro atoms. The number of thioether (sulfide) groups is 1. The van der Waals surface area contributed by atoms with Crippen LogP contribution in [-0.2, 0) is 6.42 Å². The highest BCUT2D eigenvalue weighted by Gasteiger charge is 2.07. The summed E-state index contributed by atoms with van der Waals surface area (Å²) in [6.07, 6.45) is 0.709. The third kappa shape index (κ3) is 3.07.